The Morgan fingerprint density at radius 3 is 2.88 bits per heavy atom. The van der Waals surface area contributed by atoms with Crippen LogP contribution < -0.4 is 15.0 Å². The Hall–Kier alpha value is -3.74. The van der Waals surface area contributed by atoms with Gasteiger partial charge in [-0.05, 0) is 54.3 Å². The Balaban J connectivity index is 1.43. The van der Waals surface area contributed by atoms with Gasteiger partial charge in [-0.25, -0.2) is 0 Å². The highest BCUT2D eigenvalue weighted by molar-refractivity contribution is 5.69. The van der Waals surface area contributed by atoms with Crippen LogP contribution in [0.4, 0.5) is 0 Å². The minimum atomic E-state index is -0.823. The number of aliphatic carboxylic acids is 1. The van der Waals surface area contributed by atoms with Crippen molar-refractivity contribution in [2.24, 2.45) is 4.99 Å². The van der Waals surface area contributed by atoms with Crippen LogP contribution in [0.15, 0.2) is 65.8 Å². The van der Waals surface area contributed by atoms with Gasteiger partial charge in [-0.3, -0.25) is 9.79 Å². The molecule has 0 radical (unpaired) electrons. The van der Waals surface area contributed by atoms with E-state index in [4.69, 9.17) is 9.47 Å². The summed E-state index contributed by atoms with van der Waals surface area (Å²) in [5.74, 6) is 1.09. The van der Waals surface area contributed by atoms with Crippen LogP contribution in [0.1, 0.15) is 35.4 Å². The standard InChI is InChI=1S/C25H26N2O5/c1-17-9-11-27(30)24(13-17)26-10-4-12-31-20-8-7-18-14-19(15-25(28)29)21-5-2-3-6-22(21)32-23(18)16-20/h2-3,5-9,11,13,16,19,30H,4,10,12,14-15H2,1H3,(H,28,29). The molecule has 1 aliphatic rings. The van der Waals surface area contributed by atoms with Crippen molar-refractivity contribution in [1.29, 1.82) is 0 Å². The lowest BCUT2D eigenvalue weighted by Crippen LogP contribution is -2.18. The van der Waals surface area contributed by atoms with Crippen molar-refractivity contribution in [1.82, 2.24) is 4.73 Å². The molecule has 7 heteroatoms. The Morgan fingerprint density at radius 2 is 2.03 bits per heavy atom. The number of fused-ring (bicyclic) bond motifs is 2. The highest BCUT2D eigenvalue weighted by atomic mass is 16.5. The Kier molecular flexibility index (Phi) is 6.44. The molecule has 32 heavy (non-hydrogen) atoms. The predicted molar refractivity (Wildman–Crippen MR) is 119 cm³/mol. The van der Waals surface area contributed by atoms with Gasteiger partial charge in [0.25, 0.3) is 0 Å². The fourth-order valence-electron chi connectivity index (χ4n) is 3.83. The van der Waals surface area contributed by atoms with Gasteiger partial charge in [0.15, 0.2) is 5.49 Å². The predicted octanol–water partition coefficient (Wildman–Crippen LogP) is 4.31. The van der Waals surface area contributed by atoms with Crippen LogP contribution >= 0.6 is 0 Å². The first-order valence-corrected chi connectivity index (χ1v) is 10.6. The Labute approximate surface area is 186 Å². The van der Waals surface area contributed by atoms with Gasteiger partial charge in [-0.1, -0.05) is 24.3 Å². The van der Waals surface area contributed by atoms with Gasteiger partial charge in [0.05, 0.1) is 13.0 Å². The van der Waals surface area contributed by atoms with Crippen LogP contribution in [0.25, 0.3) is 0 Å². The average molecular weight is 434 g/mol. The van der Waals surface area contributed by atoms with E-state index in [0.29, 0.717) is 48.7 Å². The van der Waals surface area contributed by atoms with Gasteiger partial charge in [-0.2, -0.15) is 4.73 Å². The van der Waals surface area contributed by atoms with E-state index in [0.717, 1.165) is 21.4 Å². The van der Waals surface area contributed by atoms with Crippen LogP contribution in [0.5, 0.6) is 17.2 Å². The van der Waals surface area contributed by atoms with E-state index in [1.54, 1.807) is 6.20 Å². The average Bonchev–Trinajstić information content (AvgIpc) is 2.91. The monoisotopic (exact) mass is 434 g/mol. The van der Waals surface area contributed by atoms with Crippen molar-refractivity contribution >= 4 is 5.97 Å². The van der Waals surface area contributed by atoms with Gasteiger partial charge in [0.1, 0.15) is 17.2 Å². The quantitative estimate of drug-likeness (QED) is 0.427. The molecule has 1 unspecified atom stereocenters. The number of pyridine rings is 1. The van der Waals surface area contributed by atoms with Gasteiger partial charge in [0.2, 0.25) is 0 Å². The number of ether oxygens (including phenoxy) is 2. The smallest absolute Gasteiger partial charge is 0.303 e. The molecule has 3 aromatic rings. The van der Waals surface area contributed by atoms with E-state index < -0.39 is 5.97 Å². The van der Waals surface area contributed by atoms with E-state index in [1.165, 1.54) is 0 Å². The fraction of sp³-hybridized carbons (Fsp3) is 0.280. The molecular formula is C25H26N2O5. The number of aryl methyl sites for hydroxylation is 1. The molecule has 1 aliphatic heterocycles. The molecule has 7 nitrogen and oxygen atoms in total. The van der Waals surface area contributed by atoms with E-state index in [-0.39, 0.29) is 12.3 Å². The number of hydrogen-bond acceptors (Lipinski definition) is 5. The van der Waals surface area contributed by atoms with Crippen molar-refractivity contribution in [3.8, 4) is 17.2 Å². The minimum Gasteiger partial charge on any atom is -0.493 e. The first-order chi connectivity index (χ1) is 15.5. The number of benzene rings is 2. The third kappa shape index (κ3) is 5.11. The van der Waals surface area contributed by atoms with Gasteiger partial charge >= 0.3 is 5.97 Å². The molecule has 2 N–H and O–H groups in total. The Morgan fingerprint density at radius 1 is 1.19 bits per heavy atom. The molecule has 0 saturated carbocycles. The Bertz CT molecular complexity index is 1180. The number of carboxylic acid groups (broad SMARTS) is 1. The number of aromatic nitrogens is 1. The maximum Gasteiger partial charge on any atom is 0.303 e. The molecule has 1 aromatic heterocycles. The lowest BCUT2D eigenvalue weighted by molar-refractivity contribution is -0.137. The second-order valence-corrected chi connectivity index (χ2v) is 7.90. The summed E-state index contributed by atoms with van der Waals surface area (Å²) in [6.45, 7) is 2.94. The molecule has 0 aliphatic carbocycles. The molecule has 2 aromatic carbocycles. The summed E-state index contributed by atoms with van der Waals surface area (Å²) in [5, 5.41) is 19.1. The van der Waals surface area contributed by atoms with Crippen molar-refractivity contribution in [2.75, 3.05) is 13.2 Å². The van der Waals surface area contributed by atoms with Crippen molar-refractivity contribution in [3.63, 3.8) is 0 Å². The van der Waals surface area contributed by atoms with E-state index >= 15 is 0 Å². The molecule has 0 fully saturated rings. The highest BCUT2D eigenvalue weighted by Crippen LogP contribution is 2.41. The number of carboxylic acids is 1. The topological polar surface area (TPSA) is 93.3 Å². The number of carbonyl (C=O) groups is 1. The van der Waals surface area contributed by atoms with Crippen LogP contribution in [0.2, 0.25) is 0 Å². The van der Waals surface area contributed by atoms with Crippen molar-refractivity contribution < 1.29 is 24.6 Å². The molecule has 4 rings (SSSR count). The SMILES string of the molecule is Cc1ccn(O)c(=NCCCOc2ccc3c(c2)Oc2ccccc2C(CC(=O)O)C3)c1. The minimum absolute atomic E-state index is 0.0519. The molecule has 0 amide bonds. The molecular weight excluding hydrogens is 408 g/mol. The molecule has 0 bridgehead atoms. The van der Waals surface area contributed by atoms with E-state index in [9.17, 15) is 15.1 Å². The summed E-state index contributed by atoms with van der Waals surface area (Å²) in [5.41, 5.74) is 3.41. The maximum absolute atomic E-state index is 11.4. The summed E-state index contributed by atoms with van der Waals surface area (Å²) in [7, 11) is 0. The second kappa shape index (κ2) is 9.60. The van der Waals surface area contributed by atoms with Crippen LogP contribution in [0, 0.1) is 6.92 Å². The fourth-order valence-corrected chi connectivity index (χ4v) is 3.83. The molecule has 166 valence electrons. The number of nitrogens with zero attached hydrogens (tertiary/aromatic N) is 2. The molecule has 0 spiro atoms. The van der Waals surface area contributed by atoms with Crippen LogP contribution in [-0.4, -0.2) is 34.2 Å². The second-order valence-electron chi connectivity index (χ2n) is 7.90. The molecule has 0 saturated heterocycles. The molecule has 2 heterocycles. The summed E-state index contributed by atoms with van der Waals surface area (Å²) in [4.78, 5) is 15.8. The number of para-hydroxylation sites is 1. The van der Waals surface area contributed by atoms with Crippen LogP contribution in [0.3, 0.4) is 0 Å². The zero-order valence-electron chi connectivity index (χ0n) is 17.9. The van der Waals surface area contributed by atoms with Crippen LogP contribution in [-0.2, 0) is 11.2 Å². The lowest BCUT2D eigenvalue weighted by atomic mass is 9.89. The summed E-state index contributed by atoms with van der Waals surface area (Å²) in [6.07, 6.45) is 2.90. The zero-order valence-corrected chi connectivity index (χ0v) is 17.9. The summed E-state index contributed by atoms with van der Waals surface area (Å²) >= 11 is 0. The largest absolute Gasteiger partial charge is 0.493 e. The zero-order chi connectivity index (χ0) is 22.5. The number of rotatable bonds is 7. The summed E-state index contributed by atoms with van der Waals surface area (Å²) in [6, 6.07) is 16.9. The number of hydrogen-bond donors (Lipinski definition) is 2. The van der Waals surface area contributed by atoms with Gasteiger partial charge in [-0.15, -0.1) is 0 Å². The highest BCUT2D eigenvalue weighted by Gasteiger charge is 2.25. The maximum atomic E-state index is 11.4. The normalized spacial score (nSPS) is 15.3. The van der Waals surface area contributed by atoms with Crippen molar-refractivity contribution in [2.45, 2.75) is 32.1 Å². The van der Waals surface area contributed by atoms with Gasteiger partial charge < -0.3 is 19.8 Å². The van der Waals surface area contributed by atoms with Crippen molar-refractivity contribution in [3.05, 3.63) is 83.0 Å². The van der Waals surface area contributed by atoms with Gasteiger partial charge in [0, 0.05) is 31.1 Å². The third-order valence-electron chi connectivity index (χ3n) is 5.42. The first-order valence-electron chi connectivity index (χ1n) is 10.6. The van der Waals surface area contributed by atoms with E-state index in [1.807, 2.05) is 61.5 Å². The third-order valence-corrected chi connectivity index (χ3v) is 5.42. The summed E-state index contributed by atoms with van der Waals surface area (Å²) < 4.78 is 13.0. The first kappa shape index (κ1) is 21.5. The molecule has 1 atom stereocenters. The van der Waals surface area contributed by atoms with E-state index in [2.05, 4.69) is 4.99 Å². The lowest BCUT2D eigenvalue weighted by Gasteiger charge is -2.14.